The van der Waals surface area contributed by atoms with Crippen molar-refractivity contribution in [2.24, 2.45) is 0 Å². The van der Waals surface area contributed by atoms with Crippen LogP contribution < -0.4 is 4.90 Å². The zero-order chi connectivity index (χ0) is 22.5. The molecular formula is C25H31N5O2. The fourth-order valence-corrected chi connectivity index (χ4v) is 5.15. The number of benzene rings is 1. The van der Waals surface area contributed by atoms with Gasteiger partial charge in [0.15, 0.2) is 5.82 Å². The Bertz CT molecular complexity index is 1170. The molecule has 5 rings (SSSR count). The molecule has 2 aliphatic rings. The molecule has 0 aliphatic carbocycles. The van der Waals surface area contributed by atoms with Crippen LogP contribution in [-0.4, -0.2) is 58.1 Å². The van der Waals surface area contributed by atoms with Crippen molar-refractivity contribution in [1.82, 2.24) is 19.9 Å². The lowest BCUT2D eigenvalue weighted by atomic mass is 9.86. The smallest absolute Gasteiger partial charge is 0.223 e. The lowest BCUT2D eigenvalue weighted by Crippen LogP contribution is -2.51. The second-order valence-electron chi connectivity index (χ2n) is 9.27. The van der Waals surface area contributed by atoms with E-state index in [1.807, 2.05) is 24.1 Å². The molecule has 1 unspecified atom stereocenters. The van der Waals surface area contributed by atoms with Crippen LogP contribution in [0.5, 0.6) is 0 Å². The van der Waals surface area contributed by atoms with Crippen molar-refractivity contribution in [2.75, 3.05) is 31.2 Å². The molecule has 4 heterocycles. The van der Waals surface area contributed by atoms with Crippen LogP contribution in [-0.2, 0) is 21.5 Å². The Morgan fingerprint density at radius 1 is 1.25 bits per heavy atom. The van der Waals surface area contributed by atoms with Crippen molar-refractivity contribution >= 4 is 22.6 Å². The predicted octanol–water partition coefficient (Wildman–Crippen LogP) is 3.88. The molecule has 0 spiro atoms. The van der Waals surface area contributed by atoms with E-state index in [0.717, 1.165) is 46.5 Å². The number of amides is 1. The van der Waals surface area contributed by atoms with Gasteiger partial charge in [-0.3, -0.25) is 4.79 Å². The zero-order valence-corrected chi connectivity index (χ0v) is 19.3. The number of carbonyl (C=O) groups is 1. The van der Waals surface area contributed by atoms with Gasteiger partial charge in [-0.05, 0) is 39.3 Å². The molecule has 7 nitrogen and oxygen atoms in total. The minimum Gasteiger partial charge on any atom is -0.377 e. The van der Waals surface area contributed by atoms with Crippen molar-refractivity contribution in [3.63, 3.8) is 0 Å². The number of rotatable bonds is 3. The van der Waals surface area contributed by atoms with Gasteiger partial charge in [0.05, 0.1) is 30.5 Å². The number of morpholine rings is 1. The van der Waals surface area contributed by atoms with Crippen LogP contribution in [0.15, 0.2) is 30.5 Å². The van der Waals surface area contributed by atoms with E-state index >= 15 is 0 Å². The summed E-state index contributed by atoms with van der Waals surface area (Å²) < 4.78 is 5.70. The van der Waals surface area contributed by atoms with Crippen LogP contribution in [0.3, 0.4) is 0 Å². The first-order valence-electron chi connectivity index (χ1n) is 11.5. The molecule has 1 saturated heterocycles. The normalized spacial score (nSPS) is 20.4. The first-order chi connectivity index (χ1) is 15.4. The maximum Gasteiger partial charge on any atom is 0.223 e. The number of hydrogen-bond acceptors (Lipinski definition) is 5. The summed E-state index contributed by atoms with van der Waals surface area (Å²) in [5.74, 6) is 1.86. The number of carbonyl (C=O) groups excluding carboxylic acids is 1. The van der Waals surface area contributed by atoms with Gasteiger partial charge < -0.3 is 19.5 Å². The molecule has 168 valence electrons. The molecule has 32 heavy (non-hydrogen) atoms. The minimum atomic E-state index is -0.505. The molecule has 1 amide bonds. The lowest BCUT2D eigenvalue weighted by molar-refractivity contribution is -0.137. The first kappa shape index (κ1) is 20.9. The number of fused-ring (bicyclic) bond motifs is 2. The van der Waals surface area contributed by atoms with E-state index in [9.17, 15) is 4.79 Å². The molecule has 0 radical (unpaired) electrons. The van der Waals surface area contributed by atoms with E-state index in [0.29, 0.717) is 32.0 Å². The average Bonchev–Trinajstić information content (AvgIpc) is 3.27. The molecule has 0 bridgehead atoms. The topological polar surface area (TPSA) is 74.3 Å². The third kappa shape index (κ3) is 3.26. The number of aromatic nitrogens is 3. The summed E-state index contributed by atoms with van der Waals surface area (Å²) in [5, 5.41) is 1.10. The van der Waals surface area contributed by atoms with Crippen molar-refractivity contribution in [1.29, 1.82) is 0 Å². The van der Waals surface area contributed by atoms with Crippen LogP contribution in [0.2, 0.25) is 0 Å². The van der Waals surface area contributed by atoms with Gasteiger partial charge in [-0.15, -0.1) is 0 Å². The summed E-state index contributed by atoms with van der Waals surface area (Å²) in [6.45, 7) is 11.2. The van der Waals surface area contributed by atoms with Gasteiger partial charge in [0.1, 0.15) is 5.82 Å². The standard InChI is InChI=1S/C25H31N5O2/c1-5-21(31)30-12-10-19-22(25(30,3)4)27-23(18-7-6-8-20-17(18)9-11-26-20)28-24(19)29-13-14-32-15-16(29)2/h6-9,11,16,26H,5,10,12-15H2,1-4H3. The van der Waals surface area contributed by atoms with Crippen molar-refractivity contribution < 1.29 is 9.53 Å². The molecule has 1 N–H and O–H groups in total. The SMILES string of the molecule is CCC(=O)N1CCc2c(N3CCOCC3C)nc(-c3cccc4[nH]ccc34)nc2C1(C)C. The summed E-state index contributed by atoms with van der Waals surface area (Å²) in [4.78, 5) is 30.7. The number of hydrogen-bond donors (Lipinski definition) is 1. The zero-order valence-electron chi connectivity index (χ0n) is 19.3. The van der Waals surface area contributed by atoms with Crippen molar-refractivity contribution in [3.05, 3.63) is 41.7 Å². The second kappa shape index (κ2) is 7.89. The molecule has 1 aromatic carbocycles. The molecule has 2 aliphatic heterocycles. The van der Waals surface area contributed by atoms with E-state index in [-0.39, 0.29) is 11.9 Å². The average molecular weight is 434 g/mol. The fourth-order valence-electron chi connectivity index (χ4n) is 5.15. The van der Waals surface area contributed by atoms with Crippen LogP contribution in [0.25, 0.3) is 22.3 Å². The third-order valence-electron chi connectivity index (χ3n) is 6.90. The van der Waals surface area contributed by atoms with Crippen LogP contribution in [0.4, 0.5) is 5.82 Å². The number of ether oxygens (including phenoxy) is 1. The Morgan fingerprint density at radius 2 is 2.09 bits per heavy atom. The molecule has 0 saturated carbocycles. The molecule has 3 aromatic rings. The molecule has 1 atom stereocenters. The number of nitrogens with zero attached hydrogens (tertiary/aromatic N) is 4. The summed E-state index contributed by atoms with van der Waals surface area (Å²) >= 11 is 0. The van der Waals surface area contributed by atoms with Crippen molar-refractivity contribution in [2.45, 2.75) is 52.1 Å². The predicted molar refractivity (Wildman–Crippen MR) is 126 cm³/mol. The third-order valence-corrected chi connectivity index (χ3v) is 6.90. The Balaban J connectivity index is 1.74. The molecule has 1 fully saturated rings. The first-order valence-corrected chi connectivity index (χ1v) is 11.5. The number of anilines is 1. The maximum atomic E-state index is 12.8. The van der Waals surface area contributed by atoms with E-state index in [1.54, 1.807) is 0 Å². The second-order valence-corrected chi connectivity index (χ2v) is 9.27. The summed E-state index contributed by atoms with van der Waals surface area (Å²) in [7, 11) is 0. The number of nitrogens with one attached hydrogen (secondary N) is 1. The number of aromatic amines is 1. The molecule has 7 heteroatoms. The van der Waals surface area contributed by atoms with Gasteiger partial charge >= 0.3 is 0 Å². The summed E-state index contributed by atoms with van der Waals surface area (Å²) in [6, 6.07) is 8.48. The largest absolute Gasteiger partial charge is 0.377 e. The monoisotopic (exact) mass is 433 g/mol. The van der Waals surface area contributed by atoms with Crippen LogP contribution in [0, 0.1) is 0 Å². The Hall–Kier alpha value is -2.93. The summed E-state index contributed by atoms with van der Waals surface area (Å²) in [6.07, 6.45) is 3.20. The van der Waals surface area contributed by atoms with E-state index in [2.05, 4.69) is 48.9 Å². The Morgan fingerprint density at radius 3 is 2.88 bits per heavy atom. The van der Waals surface area contributed by atoms with Gasteiger partial charge in [0.2, 0.25) is 5.91 Å². The van der Waals surface area contributed by atoms with Gasteiger partial charge in [-0.25, -0.2) is 9.97 Å². The highest BCUT2D eigenvalue weighted by Crippen LogP contribution is 2.40. The van der Waals surface area contributed by atoms with E-state index in [4.69, 9.17) is 14.7 Å². The van der Waals surface area contributed by atoms with Gasteiger partial charge in [-0.1, -0.05) is 19.1 Å². The van der Waals surface area contributed by atoms with Gasteiger partial charge in [0.25, 0.3) is 0 Å². The highest BCUT2D eigenvalue weighted by atomic mass is 16.5. The van der Waals surface area contributed by atoms with E-state index in [1.165, 1.54) is 0 Å². The van der Waals surface area contributed by atoms with Crippen LogP contribution >= 0.6 is 0 Å². The highest BCUT2D eigenvalue weighted by Gasteiger charge is 2.41. The van der Waals surface area contributed by atoms with Gasteiger partial charge in [-0.2, -0.15) is 0 Å². The summed E-state index contributed by atoms with van der Waals surface area (Å²) in [5.41, 5.74) is 3.68. The Kier molecular flexibility index (Phi) is 5.16. The molecular weight excluding hydrogens is 402 g/mol. The number of H-pyrrole nitrogens is 1. The van der Waals surface area contributed by atoms with Gasteiger partial charge in [0, 0.05) is 47.7 Å². The Labute approximate surface area is 188 Å². The maximum absolute atomic E-state index is 12.8. The molecule has 2 aromatic heterocycles. The highest BCUT2D eigenvalue weighted by molar-refractivity contribution is 5.93. The van der Waals surface area contributed by atoms with E-state index < -0.39 is 5.54 Å². The van der Waals surface area contributed by atoms with Crippen molar-refractivity contribution in [3.8, 4) is 11.4 Å². The quantitative estimate of drug-likeness (QED) is 0.679. The lowest BCUT2D eigenvalue weighted by Gasteiger charge is -2.45. The minimum absolute atomic E-state index is 0.162. The van der Waals surface area contributed by atoms with Crippen LogP contribution in [0.1, 0.15) is 45.4 Å². The fraction of sp³-hybridized carbons (Fsp3) is 0.480.